The predicted molar refractivity (Wildman–Crippen MR) is 90.0 cm³/mol. The molecule has 1 N–H and O–H groups in total. The van der Waals surface area contributed by atoms with E-state index in [0.717, 1.165) is 22.3 Å². The Hall–Kier alpha value is -0.910. The van der Waals surface area contributed by atoms with Crippen molar-refractivity contribution in [3.63, 3.8) is 0 Å². The quantitative estimate of drug-likeness (QED) is 0.866. The summed E-state index contributed by atoms with van der Waals surface area (Å²) in [6.45, 7) is 6.28. The summed E-state index contributed by atoms with van der Waals surface area (Å²) in [5, 5.41) is 7.25. The lowest BCUT2D eigenvalue weighted by atomic mass is 9.84. The molecule has 0 aliphatic rings. The van der Waals surface area contributed by atoms with Gasteiger partial charge < -0.3 is 9.84 Å². The van der Waals surface area contributed by atoms with Crippen molar-refractivity contribution in [2.24, 2.45) is 0 Å². The van der Waals surface area contributed by atoms with Gasteiger partial charge in [0.1, 0.15) is 0 Å². The average molecular weight is 375 g/mol. The van der Waals surface area contributed by atoms with Gasteiger partial charge in [-0.15, -0.1) is 12.4 Å². The molecule has 0 saturated heterocycles. The number of nitrogens with zero attached hydrogens (tertiary/aromatic N) is 2. The molecular weight excluding hydrogens is 354 g/mol. The third kappa shape index (κ3) is 4.28. The number of benzene rings is 1. The summed E-state index contributed by atoms with van der Waals surface area (Å²) < 4.78 is 6.52. The zero-order chi connectivity index (χ0) is 14.8. The van der Waals surface area contributed by atoms with E-state index < -0.39 is 0 Å². The van der Waals surface area contributed by atoms with Crippen molar-refractivity contribution in [1.82, 2.24) is 15.5 Å². The Balaban J connectivity index is 0.00000220. The third-order valence-corrected chi connectivity index (χ3v) is 4.08. The van der Waals surface area contributed by atoms with E-state index in [1.807, 2.05) is 19.2 Å². The van der Waals surface area contributed by atoms with Crippen molar-refractivity contribution in [1.29, 1.82) is 0 Å². The second kappa shape index (κ2) is 7.38. The van der Waals surface area contributed by atoms with Crippen LogP contribution in [0.2, 0.25) is 0 Å². The van der Waals surface area contributed by atoms with Gasteiger partial charge >= 0.3 is 0 Å². The first-order valence-electron chi connectivity index (χ1n) is 6.70. The fourth-order valence-corrected chi connectivity index (χ4v) is 2.22. The molecule has 0 bridgehead atoms. The molecule has 0 aliphatic carbocycles. The standard InChI is InChI=1S/C15H20BrN3O.ClH/c1-10(17-4)9-13-18-14(20-19-13)15(2,3)11-5-7-12(16)8-6-11;/h5-8,10,17H,9H2,1-4H3;1H. The fourth-order valence-electron chi connectivity index (χ4n) is 1.96. The van der Waals surface area contributed by atoms with E-state index in [1.54, 1.807) is 0 Å². The van der Waals surface area contributed by atoms with Crippen LogP contribution in [0.1, 0.15) is 38.0 Å². The number of nitrogens with one attached hydrogen (secondary N) is 1. The zero-order valence-electron chi connectivity index (χ0n) is 12.7. The highest BCUT2D eigenvalue weighted by molar-refractivity contribution is 9.10. The first-order chi connectivity index (χ1) is 9.43. The number of aromatic nitrogens is 2. The lowest BCUT2D eigenvalue weighted by molar-refractivity contribution is 0.329. The largest absolute Gasteiger partial charge is 0.338 e. The van der Waals surface area contributed by atoms with E-state index in [2.05, 4.69) is 64.3 Å². The molecule has 2 aromatic rings. The normalized spacial score (nSPS) is 12.8. The van der Waals surface area contributed by atoms with Crippen LogP contribution in [0.15, 0.2) is 33.3 Å². The van der Waals surface area contributed by atoms with Gasteiger partial charge in [-0.3, -0.25) is 0 Å². The Morgan fingerprint density at radius 1 is 1.29 bits per heavy atom. The lowest BCUT2D eigenvalue weighted by Gasteiger charge is -2.20. The Morgan fingerprint density at radius 2 is 1.90 bits per heavy atom. The van der Waals surface area contributed by atoms with Gasteiger partial charge in [-0.05, 0) is 45.5 Å². The first kappa shape index (κ1) is 18.1. The minimum atomic E-state index is -0.297. The fraction of sp³-hybridized carbons (Fsp3) is 0.467. The van der Waals surface area contributed by atoms with Gasteiger partial charge in [0.05, 0.1) is 5.41 Å². The number of hydrogen-bond acceptors (Lipinski definition) is 4. The Morgan fingerprint density at radius 3 is 2.48 bits per heavy atom. The Bertz CT molecular complexity index is 569. The van der Waals surface area contributed by atoms with Crippen molar-refractivity contribution < 1.29 is 4.52 Å². The number of halogens is 2. The highest BCUT2D eigenvalue weighted by Crippen LogP contribution is 2.31. The SMILES string of the molecule is CNC(C)Cc1noc(C(C)(C)c2ccc(Br)cc2)n1.Cl. The topological polar surface area (TPSA) is 51.0 Å². The van der Waals surface area contributed by atoms with Gasteiger partial charge in [-0.2, -0.15) is 4.98 Å². The summed E-state index contributed by atoms with van der Waals surface area (Å²) >= 11 is 3.45. The molecule has 1 heterocycles. The van der Waals surface area contributed by atoms with Crippen LogP contribution >= 0.6 is 28.3 Å². The summed E-state index contributed by atoms with van der Waals surface area (Å²) in [6.07, 6.45) is 0.760. The molecular formula is C15H21BrClN3O. The highest BCUT2D eigenvalue weighted by atomic mass is 79.9. The third-order valence-electron chi connectivity index (χ3n) is 3.55. The molecule has 0 amide bonds. The molecule has 2 rings (SSSR count). The van der Waals surface area contributed by atoms with Crippen LogP contribution in [0.25, 0.3) is 0 Å². The minimum absolute atomic E-state index is 0. The number of rotatable bonds is 5. The van der Waals surface area contributed by atoms with E-state index in [9.17, 15) is 0 Å². The summed E-state index contributed by atoms with van der Waals surface area (Å²) in [7, 11) is 1.93. The van der Waals surface area contributed by atoms with E-state index in [4.69, 9.17) is 4.52 Å². The van der Waals surface area contributed by atoms with Crippen LogP contribution in [-0.4, -0.2) is 23.2 Å². The van der Waals surface area contributed by atoms with Gasteiger partial charge in [-0.25, -0.2) is 0 Å². The molecule has 116 valence electrons. The maximum atomic E-state index is 5.46. The van der Waals surface area contributed by atoms with Crippen LogP contribution in [0.3, 0.4) is 0 Å². The molecule has 0 aliphatic heterocycles. The summed E-state index contributed by atoms with van der Waals surface area (Å²) in [5.41, 5.74) is 0.854. The van der Waals surface area contributed by atoms with Gasteiger partial charge in [0.15, 0.2) is 5.82 Å². The van der Waals surface area contributed by atoms with Crippen LogP contribution < -0.4 is 5.32 Å². The lowest BCUT2D eigenvalue weighted by Crippen LogP contribution is -2.24. The van der Waals surface area contributed by atoms with Crippen molar-refractivity contribution in [3.05, 3.63) is 46.0 Å². The van der Waals surface area contributed by atoms with Crippen molar-refractivity contribution in [2.45, 2.75) is 38.6 Å². The number of hydrogen-bond donors (Lipinski definition) is 1. The first-order valence-corrected chi connectivity index (χ1v) is 7.49. The molecule has 6 heteroatoms. The highest BCUT2D eigenvalue weighted by Gasteiger charge is 2.29. The molecule has 1 aromatic carbocycles. The maximum Gasteiger partial charge on any atom is 0.236 e. The monoisotopic (exact) mass is 373 g/mol. The van der Waals surface area contributed by atoms with Crippen LogP contribution in [-0.2, 0) is 11.8 Å². The van der Waals surface area contributed by atoms with E-state index in [1.165, 1.54) is 0 Å². The summed E-state index contributed by atoms with van der Waals surface area (Å²) in [6, 6.07) is 8.53. The average Bonchev–Trinajstić information content (AvgIpc) is 2.88. The van der Waals surface area contributed by atoms with E-state index in [-0.39, 0.29) is 17.8 Å². The number of likely N-dealkylation sites (N-methyl/N-ethyl adjacent to an activating group) is 1. The van der Waals surface area contributed by atoms with Crippen molar-refractivity contribution in [2.75, 3.05) is 7.05 Å². The molecule has 0 radical (unpaired) electrons. The Kier molecular flexibility index (Phi) is 6.38. The molecule has 1 unspecified atom stereocenters. The van der Waals surface area contributed by atoms with Gasteiger partial charge in [0.25, 0.3) is 0 Å². The smallest absolute Gasteiger partial charge is 0.236 e. The second-order valence-electron chi connectivity index (χ2n) is 5.54. The molecule has 0 saturated carbocycles. The maximum absolute atomic E-state index is 5.46. The molecule has 0 fully saturated rings. The van der Waals surface area contributed by atoms with Gasteiger partial charge in [0, 0.05) is 16.9 Å². The summed E-state index contributed by atoms with van der Waals surface area (Å²) in [4.78, 5) is 4.54. The predicted octanol–water partition coefficient (Wildman–Crippen LogP) is 3.73. The molecule has 1 aromatic heterocycles. The van der Waals surface area contributed by atoms with Crippen LogP contribution in [0.4, 0.5) is 0 Å². The molecule has 0 spiro atoms. The summed E-state index contributed by atoms with van der Waals surface area (Å²) in [5.74, 6) is 1.39. The second-order valence-corrected chi connectivity index (χ2v) is 6.46. The molecule has 21 heavy (non-hydrogen) atoms. The van der Waals surface area contributed by atoms with Gasteiger partial charge in [-0.1, -0.05) is 33.2 Å². The van der Waals surface area contributed by atoms with Crippen LogP contribution in [0.5, 0.6) is 0 Å². The van der Waals surface area contributed by atoms with Gasteiger partial charge in [0.2, 0.25) is 5.89 Å². The van der Waals surface area contributed by atoms with Crippen molar-refractivity contribution >= 4 is 28.3 Å². The Labute approximate surface area is 140 Å². The molecule has 1 atom stereocenters. The minimum Gasteiger partial charge on any atom is -0.338 e. The van der Waals surface area contributed by atoms with Crippen LogP contribution in [0, 0.1) is 0 Å². The van der Waals surface area contributed by atoms with E-state index in [0.29, 0.717) is 11.9 Å². The molecule has 4 nitrogen and oxygen atoms in total. The van der Waals surface area contributed by atoms with E-state index >= 15 is 0 Å². The van der Waals surface area contributed by atoms with Crippen molar-refractivity contribution in [3.8, 4) is 0 Å². The zero-order valence-corrected chi connectivity index (χ0v) is 15.1.